The molecule has 4 N–H and O–H groups in total. The zero-order valence-corrected chi connectivity index (χ0v) is 18.3. The Kier molecular flexibility index (Phi) is 9.06. The van der Waals surface area contributed by atoms with E-state index in [9.17, 15) is 14.4 Å². The Morgan fingerprint density at radius 3 is 2.13 bits per heavy atom. The summed E-state index contributed by atoms with van der Waals surface area (Å²) >= 11 is 0. The number of ether oxygens (including phenoxy) is 1. The maximum Gasteiger partial charge on any atom is 0.408 e. The summed E-state index contributed by atoms with van der Waals surface area (Å²) in [5.74, 6) is -0.973. The summed E-state index contributed by atoms with van der Waals surface area (Å²) in [6, 6.07) is 15.2. The maximum absolute atomic E-state index is 12.9. The first-order valence-corrected chi connectivity index (χ1v) is 10.4. The highest BCUT2D eigenvalue weighted by Crippen LogP contribution is 2.09. The number of alkyl carbamates (subject to hydrolysis) is 1. The fourth-order valence-corrected chi connectivity index (χ4v) is 3.06. The second-order valence-corrected chi connectivity index (χ2v) is 8.04. The average Bonchev–Trinajstić information content (AvgIpc) is 2.73. The zero-order valence-electron chi connectivity index (χ0n) is 18.3. The molecular weight excluding hydrogens is 394 g/mol. The van der Waals surface area contributed by atoms with Crippen molar-refractivity contribution in [2.45, 2.75) is 52.3 Å². The van der Waals surface area contributed by atoms with Gasteiger partial charge in [0.1, 0.15) is 18.7 Å². The van der Waals surface area contributed by atoms with Gasteiger partial charge in [-0.1, -0.05) is 74.0 Å². The van der Waals surface area contributed by atoms with Gasteiger partial charge in [-0.25, -0.2) is 4.79 Å². The summed E-state index contributed by atoms with van der Waals surface area (Å²) in [4.78, 5) is 37.0. The van der Waals surface area contributed by atoms with Gasteiger partial charge in [-0.15, -0.1) is 0 Å². The number of primary amides is 1. The molecule has 7 heteroatoms. The lowest BCUT2D eigenvalue weighted by atomic mass is 10.0. The fraction of sp³-hybridized carbons (Fsp3) is 0.375. The third kappa shape index (κ3) is 8.50. The molecule has 0 aliphatic carbocycles. The lowest BCUT2D eigenvalue weighted by Gasteiger charge is -2.23. The molecule has 2 aromatic rings. The van der Waals surface area contributed by atoms with Crippen LogP contribution in [0.5, 0.6) is 0 Å². The first-order valence-electron chi connectivity index (χ1n) is 10.4. The Morgan fingerprint density at radius 2 is 1.55 bits per heavy atom. The summed E-state index contributed by atoms with van der Waals surface area (Å²) in [6.45, 7) is 5.94. The number of amides is 3. The molecule has 0 unspecified atom stereocenters. The highest BCUT2D eigenvalue weighted by Gasteiger charge is 2.27. The molecule has 0 spiro atoms. The number of carbonyl (C=O) groups excluding carboxylic acids is 3. The lowest BCUT2D eigenvalue weighted by Crippen LogP contribution is -2.54. The van der Waals surface area contributed by atoms with Crippen molar-refractivity contribution in [1.82, 2.24) is 10.6 Å². The van der Waals surface area contributed by atoms with Crippen LogP contribution in [-0.4, -0.2) is 30.0 Å². The standard InChI is InChI=1S/C24H31N3O4/c1-16(2)13-21(27-24(30)31-15-19-7-5-4-6-8-19)23(29)26-20(22(25)28)14-18-11-9-17(3)10-12-18/h4-12,16,20-21H,13-15H2,1-3H3,(H2,25,28)(H,26,29)(H,27,30)/t20-,21+/m1/s1. The minimum Gasteiger partial charge on any atom is -0.445 e. The van der Waals surface area contributed by atoms with Crippen molar-refractivity contribution in [1.29, 1.82) is 0 Å². The van der Waals surface area contributed by atoms with Crippen LogP contribution in [0.2, 0.25) is 0 Å². The van der Waals surface area contributed by atoms with E-state index in [0.717, 1.165) is 16.7 Å². The first kappa shape index (κ1) is 23.9. The number of hydrogen-bond acceptors (Lipinski definition) is 4. The Bertz CT molecular complexity index is 866. The first-order chi connectivity index (χ1) is 14.7. The summed E-state index contributed by atoms with van der Waals surface area (Å²) < 4.78 is 5.23. The molecule has 0 fully saturated rings. The highest BCUT2D eigenvalue weighted by atomic mass is 16.5. The van der Waals surface area contributed by atoms with E-state index in [-0.39, 0.29) is 18.9 Å². The molecule has 3 amide bonds. The van der Waals surface area contributed by atoms with Crippen LogP contribution >= 0.6 is 0 Å². The van der Waals surface area contributed by atoms with Crippen LogP contribution in [0.15, 0.2) is 54.6 Å². The van der Waals surface area contributed by atoms with Crippen molar-refractivity contribution < 1.29 is 19.1 Å². The molecule has 0 aliphatic heterocycles. The molecule has 2 aromatic carbocycles. The third-order valence-electron chi connectivity index (χ3n) is 4.75. The van der Waals surface area contributed by atoms with E-state index in [2.05, 4.69) is 10.6 Å². The molecule has 0 bridgehead atoms. The van der Waals surface area contributed by atoms with Crippen LogP contribution in [0.4, 0.5) is 4.79 Å². The molecule has 0 aromatic heterocycles. The van der Waals surface area contributed by atoms with E-state index >= 15 is 0 Å². The van der Waals surface area contributed by atoms with E-state index in [4.69, 9.17) is 10.5 Å². The van der Waals surface area contributed by atoms with E-state index in [1.165, 1.54) is 0 Å². The normalized spacial score (nSPS) is 12.6. The zero-order chi connectivity index (χ0) is 22.8. The quantitative estimate of drug-likeness (QED) is 0.543. The van der Waals surface area contributed by atoms with Crippen molar-refractivity contribution in [2.24, 2.45) is 11.7 Å². The summed E-state index contributed by atoms with van der Waals surface area (Å²) in [5.41, 5.74) is 8.33. The summed E-state index contributed by atoms with van der Waals surface area (Å²) in [7, 11) is 0. The Hall–Kier alpha value is -3.35. The van der Waals surface area contributed by atoms with Gasteiger partial charge < -0.3 is 21.1 Å². The number of nitrogens with one attached hydrogen (secondary N) is 2. The predicted octanol–water partition coefficient (Wildman–Crippen LogP) is 2.85. The van der Waals surface area contributed by atoms with Gasteiger partial charge in [-0.3, -0.25) is 9.59 Å². The van der Waals surface area contributed by atoms with Gasteiger partial charge >= 0.3 is 6.09 Å². The fourth-order valence-electron chi connectivity index (χ4n) is 3.06. The number of carbonyl (C=O) groups is 3. The van der Waals surface area contributed by atoms with Crippen LogP contribution in [0.3, 0.4) is 0 Å². The third-order valence-corrected chi connectivity index (χ3v) is 4.75. The number of benzene rings is 2. The predicted molar refractivity (Wildman–Crippen MR) is 119 cm³/mol. The van der Waals surface area contributed by atoms with E-state index < -0.39 is 30.0 Å². The molecule has 0 saturated carbocycles. The van der Waals surface area contributed by atoms with E-state index in [1.54, 1.807) is 0 Å². The van der Waals surface area contributed by atoms with Gasteiger partial charge in [-0.05, 0) is 30.4 Å². The van der Waals surface area contributed by atoms with Gasteiger partial charge in [0, 0.05) is 6.42 Å². The Balaban J connectivity index is 1.99. The molecule has 0 saturated heterocycles. The van der Waals surface area contributed by atoms with Crippen molar-refractivity contribution in [3.05, 3.63) is 71.3 Å². The molecule has 0 aliphatic rings. The largest absolute Gasteiger partial charge is 0.445 e. The molecule has 0 radical (unpaired) electrons. The number of hydrogen-bond donors (Lipinski definition) is 3. The van der Waals surface area contributed by atoms with Crippen LogP contribution in [0, 0.1) is 12.8 Å². The maximum atomic E-state index is 12.9. The van der Waals surface area contributed by atoms with E-state index in [1.807, 2.05) is 75.4 Å². The van der Waals surface area contributed by atoms with Crippen molar-refractivity contribution in [3.8, 4) is 0 Å². The summed E-state index contributed by atoms with van der Waals surface area (Å²) in [6.07, 6.45) is -0.0324. The molecule has 31 heavy (non-hydrogen) atoms. The van der Waals surface area contributed by atoms with E-state index in [0.29, 0.717) is 6.42 Å². The van der Waals surface area contributed by atoms with Gasteiger partial charge in [0.15, 0.2) is 0 Å². The Labute approximate surface area is 183 Å². The van der Waals surface area contributed by atoms with Gasteiger partial charge in [0.2, 0.25) is 11.8 Å². The van der Waals surface area contributed by atoms with Crippen molar-refractivity contribution >= 4 is 17.9 Å². The van der Waals surface area contributed by atoms with Crippen LogP contribution in [0.25, 0.3) is 0 Å². The summed E-state index contributed by atoms with van der Waals surface area (Å²) in [5, 5.41) is 5.29. The molecule has 7 nitrogen and oxygen atoms in total. The van der Waals surface area contributed by atoms with Crippen LogP contribution in [0.1, 0.15) is 37.0 Å². The monoisotopic (exact) mass is 425 g/mol. The topological polar surface area (TPSA) is 111 Å². The van der Waals surface area contributed by atoms with Gasteiger partial charge in [0.25, 0.3) is 0 Å². The molecular formula is C24H31N3O4. The second kappa shape index (κ2) is 11.7. The number of rotatable bonds is 10. The van der Waals surface area contributed by atoms with Crippen molar-refractivity contribution in [2.75, 3.05) is 0 Å². The van der Waals surface area contributed by atoms with Crippen LogP contribution < -0.4 is 16.4 Å². The van der Waals surface area contributed by atoms with Crippen LogP contribution in [-0.2, 0) is 27.4 Å². The molecule has 2 atom stereocenters. The molecule has 2 rings (SSSR count). The second-order valence-electron chi connectivity index (χ2n) is 8.04. The van der Waals surface area contributed by atoms with Gasteiger partial charge in [0.05, 0.1) is 0 Å². The molecule has 0 heterocycles. The smallest absolute Gasteiger partial charge is 0.408 e. The highest BCUT2D eigenvalue weighted by molar-refractivity contribution is 5.90. The molecule has 166 valence electrons. The lowest BCUT2D eigenvalue weighted by molar-refractivity contribution is -0.128. The minimum atomic E-state index is -0.882. The van der Waals surface area contributed by atoms with Gasteiger partial charge in [-0.2, -0.15) is 0 Å². The van der Waals surface area contributed by atoms with Crippen molar-refractivity contribution in [3.63, 3.8) is 0 Å². The SMILES string of the molecule is Cc1ccc(C[C@@H](NC(=O)[C@H](CC(C)C)NC(=O)OCc2ccccc2)C(N)=O)cc1. The number of aryl methyl sites for hydroxylation is 1. The average molecular weight is 426 g/mol. The number of nitrogens with two attached hydrogens (primary N) is 1. The minimum absolute atomic E-state index is 0.0972. The Morgan fingerprint density at radius 1 is 0.903 bits per heavy atom.